The van der Waals surface area contributed by atoms with Gasteiger partial charge in [0.25, 0.3) is 0 Å². The fourth-order valence-electron chi connectivity index (χ4n) is 2.88. The fraction of sp³-hybridized carbons (Fsp3) is 1.00. The summed E-state index contributed by atoms with van der Waals surface area (Å²) in [4.78, 5) is 2.37. The van der Waals surface area contributed by atoms with E-state index < -0.39 is 0 Å². The monoisotopic (exact) mass is 242 g/mol. The van der Waals surface area contributed by atoms with Gasteiger partial charge in [-0.2, -0.15) is 0 Å². The molecule has 3 nitrogen and oxygen atoms in total. The Morgan fingerprint density at radius 3 is 2.35 bits per heavy atom. The molecule has 0 bridgehead atoms. The molecule has 0 radical (unpaired) electrons. The fourth-order valence-corrected chi connectivity index (χ4v) is 2.88. The molecule has 0 amide bonds. The predicted molar refractivity (Wildman–Crippen MR) is 73.4 cm³/mol. The van der Waals surface area contributed by atoms with Crippen LogP contribution in [0.2, 0.25) is 0 Å². The summed E-state index contributed by atoms with van der Waals surface area (Å²) in [6.07, 6.45) is 4.05. The Morgan fingerprint density at radius 2 is 1.94 bits per heavy atom. The van der Waals surface area contributed by atoms with Gasteiger partial charge in [-0.25, -0.2) is 0 Å². The number of nitrogens with one attached hydrogen (secondary N) is 1. The summed E-state index contributed by atoms with van der Waals surface area (Å²) in [5.74, 6) is 0.787. The molecule has 1 aliphatic rings. The van der Waals surface area contributed by atoms with Gasteiger partial charge in [0.15, 0.2) is 0 Å². The van der Waals surface area contributed by atoms with Crippen LogP contribution in [0.4, 0.5) is 0 Å². The van der Waals surface area contributed by atoms with Crippen molar-refractivity contribution in [3.8, 4) is 0 Å². The SMILES string of the molecule is CCC(CC)C(CNC1CCOC1C)N(C)C. The first-order valence-electron chi connectivity index (χ1n) is 7.11. The lowest BCUT2D eigenvalue weighted by Gasteiger charge is -2.33. The van der Waals surface area contributed by atoms with E-state index in [1.165, 1.54) is 12.8 Å². The van der Waals surface area contributed by atoms with E-state index in [9.17, 15) is 0 Å². The van der Waals surface area contributed by atoms with Gasteiger partial charge >= 0.3 is 0 Å². The summed E-state index contributed by atoms with van der Waals surface area (Å²) in [6.45, 7) is 8.76. The first-order valence-corrected chi connectivity index (χ1v) is 7.11. The van der Waals surface area contributed by atoms with Crippen LogP contribution >= 0.6 is 0 Å². The molecule has 3 unspecified atom stereocenters. The first-order chi connectivity index (χ1) is 8.10. The molecular formula is C14H30N2O. The molecular weight excluding hydrogens is 212 g/mol. The van der Waals surface area contributed by atoms with E-state index >= 15 is 0 Å². The second kappa shape index (κ2) is 7.34. The van der Waals surface area contributed by atoms with Crippen LogP contribution < -0.4 is 5.32 Å². The smallest absolute Gasteiger partial charge is 0.0700 e. The Kier molecular flexibility index (Phi) is 6.45. The molecule has 1 saturated heterocycles. The van der Waals surface area contributed by atoms with Crippen molar-refractivity contribution >= 4 is 0 Å². The van der Waals surface area contributed by atoms with Crippen LogP contribution in [0.3, 0.4) is 0 Å². The summed E-state index contributed by atoms with van der Waals surface area (Å²) in [6, 6.07) is 1.18. The van der Waals surface area contributed by atoms with Crippen LogP contribution in [-0.4, -0.2) is 50.3 Å². The van der Waals surface area contributed by atoms with E-state index in [-0.39, 0.29) is 0 Å². The molecule has 1 fully saturated rings. The maximum Gasteiger partial charge on any atom is 0.0700 e. The summed E-state index contributed by atoms with van der Waals surface area (Å²) >= 11 is 0. The minimum absolute atomic E-state index is 0.375. The third-order valence-corrected chi connectivity index (χ3v) is 4.22. The number of hydrogen-bond donors (Lipinski definition) is 1. The zero-order valence-electron chi connectivity index (χ0n) is 12.2. The van der Waals surface area contributed by atoms with Crippen molar-refractivity contribution in [1.29, 1.82) is 0 Å². The minimum atomic E-state index is 0.375. The van der Waals surface area contributed by atoms with Crippen LogP contribution in [0.1, 0.15) is 40.0 Å². The van der Waals surface area contributed by atoms with Crippen molar-refractivity contribution in [3.05, 3.63) is 0 Å². The van der Waals surface area contributed by atoms with E-state index in [0.29, 0.717) is 18.2 Å². The van der Waals surface area contributed by atoms with Gasteiger partial charge in [-0.15, -0.1) is 0 Å². The molecule has 0 aliphatic carbocycles. The highest BCUT2D eigenvalue weighted by Crippen LogP contribution is 2.18. The number of nitrogens with zero attached hydrogens (tertiary/aromatic N) is 1. The summed E-state index contributed by atoms with van der Waals surface area (Å²) in [7, 11) is 4.39. The van der Waals surface area contributed by atoms with Crippen molar-refractivity contribution in [1.82, 2.24) is 10.2 Å². The van der Waals surface area contributed by atoms with Gasteiger partial charge in [-0.1, -0.05) is 26.7 Å². The van der Waals surface area contributed by atoms with Crippen LogP contribution in [0, 0.1) is 5.92 Å². The number of rotatable bonds is 7. The average molecular weight is 242 g/mol. The number of ether oxygens (including phenoxy) is 1. The highest BCUT2D eigenvalue weighted by atomic mass is 16.5. The van der Waals surface area contributed by atoms with Crippen molar-refractivity contribution in [2.45, 2.75) is 58.2 Å². The molecule has 0 aromatic heterocycles. The Balaban J connectivity index is 2.43. The molecule has 102 valence electrons. The van der Waals surface area contributed by atoms with Gasteiger partial charge in [0, 0.05) is 25.2 Å². The highest BCUT2D eigenvalue weighted by Gasteiger charge is 2.26. The van der Waals surface area contributed by atoms with Crippen molar-refractivity contribution in [3.63, 3.8) is 0 Å². The van der Waals surface area contributed by atoms with Crippen LogP contribution in [0.25, 0.3) is 0 Å². The van der Waals surface area contributed by atoms with E-state index in [1.54, 1.807) is 0 Å². The van der Waals surface area contributed by atoms with Gasteiger partial charge in [-0.05, 0) is 33.4 Å². The molecule has 0 aromatic rings. The Hall–Kier alpha value is -0.120. The number of likely N-dealkylation sites (N-methyl/N-ethyl adjacent to an activating group) is 1. The lowest BCUT2D eigenvalue weighted by atomic mass is 9.93. The summed E-state index contributed by atoms with van der Waals surface area (Å²) in [5, 5.41) is 3.70. The molecule has 1 N–H and O–H groups in total. The molecule has 0 saturated carbocycles. The molecule has 1 heterocycles. The Bertz CT molecular complexity index is 204. The molecule has 1 rings (SSSR count). The largest absolute Gasteiger partial charge is 0.377 e. The molecule has 0 aromatic carbocycles. The van der Waals surface area contributed by atoms with Gasteiger partial charge < -0.3 is 15.0 Å². The quantitative estimate of drug-likeness (QED) is 0.740. The van der Waals surface area contributed by atoms with E-state index in [1.807, 2.05) is 0 Å². The van der Waals surface area contributed by atoms with Crippen molar-refractivity contribution in [2.24, 2.45) is 5.92 Å². The van der Waals surface area contributed by atoms with E-state index in [4.69, 9.17) is 4.74 Å². The standard InChI is InChI=1S/C14H30N2O/c1-6-12(7-2)14(16(4)5)10-15-13-8-9-17-11(13)3/h11-15H,6-10H2,1-5H3. The maximum absolute atomic E-state index is 5.60. The van der Waals surface area contributed by atoms with Gasteiger partial charge in [0.2, 0.25) is 0 Å². The van der Waals surface area contributed by atoms with Crippen LogP contribution in [0.15, 0.2) is 0 Å². The third kappa shape index (κ3) is 4.23. The molecule has 17 heavy (non-hydrogen) atoms. The van der Waals surface area contributed by atoms with Gasteiger partial charge in [0.1, 0.15) is 0 Å². The van der Waals surface area contributed by atoms with E-state index in [2.05, 4.69) is 45.1 Å². The van der Waals surface area contributed by atoms with Crippen molar-refractivity contribution < 1.29 is 4.74 Å². The topological polar surface area (TPSA) is 24.5 Å². The lowest BCUT2D eigenvalue weighted by molar-refractivity contribution is 0.109. The summed E-state index contributed by atoms with van der Waals surface area (Å²) in [5.41, 5.74) is 0. The maximum atomic E-state index is 5.60. The van der Waals surface area contributed by atoms with Gasteiger partial charge in [-0.3, -0.25) is 0 Å². The second-order valence-corrected chi connectivity index (χ2v) is 5.49. The Labute approximate surface area is 107 Å². The van der Waals surface area contributed by atoms with Crippen molar-refractivity contribution in [2.75, 3.05) is 27.2 Å². The lowest BCUT2D eigenvalue weighted by Crippen LogP contribution is -2.47. The molecule has 1 aliphatic heterocycles. The molecule has 3 heteroatoms. The average Bonchev–Trinajstić information content (AvgIpc) is 2.70. The Morgan fingerprint density at radius 1 is 1.29 bits per heavy atom. The van der Waals surface area contributed by atoms with Gasteiger partial charge in [0.05, 0.1) is 6.10 Å². The highest BCUT2D eigenvalue weighted by molar-refractivity contribution is 4.83. The predicted octanol–water partition coefficient (Wildman–Crippen LogP) is 2.12. The summed E-state index contributed by atoms with van der Waals surface area (Å²) < 4.78 is 5.60. The first kappa shape index (κ1) is 14.9. The van der Waals surface area contributed by atoms with E-state index in [0.717, 1.165) is 25.5 Å². The van der Waals surface area contributed by atoms with Crippen LogP contribution in [-0.2, 0) is 4.74 Å². The minimum Gasteiger partial charge on any atom is -0.377 e. The second-order valence-electron chi connectivity index (χ2n) is 5.49. The number of hydrogen-bond acceptors (Lipinski definition) is 3. The normalized spacial score (nSPS) is 27.0. The molecule has 0 spiro atoms. The molecule has 3 atom stereocenters. The van der Waals surface area contributed by atoms with Crippen LogP contribution in [0.5, 0.6) is 0 Å². The third-order valence-electron chi connectivity index (χ3n) is 4.22. The zero-order valence-corrected chi connectivity index (χ0v) is 12.2. The zero-order chi connectivity index (χ0) is 12.8.